The van der Waals surface area contributed by atoms with E-state index >= 15 is 0 Å². The van der Waals surface area contributed by atoms with Crippen LogP contribution in [0.4, 0.5) is 0 Å². The molecule has 1 fully saturated rings. The number of hydrogen-bond acceptors (Lipinski definition) is 10. The summed E-state index contributed by atoms with van der Waals surface area (Å²) >= 11 is 0. The fraction of sp³-hybridized carbons (Fsp3) is 0.896. The van der Waals surface area contributed by atoms with Crippen LogP contribution in [0.25, 0.3) is 0 Å². The molecule has 0 spiro atoms. The number of hydrogen-bond donors (Lipinski definition) is 4. The van der Waals surface area contributed by atoms with E-state index in [4.69, 9.17) is 18.9 Å². The predicted molar refractivity (Wildman–Crippen MR) is 234 cm³/mol. The molecule has 4 N–H and O–H groups in total. The zero-order valence-electron chi connectivity index (χ0n) is 37.5. The zero-order chi connectivity index (χ0) is 43.2. The Balaban J connectivity index is 2.27. The molecule has 59 heavy (non-hydrogen) atoms. The van der Waals surface area contributed by atoms with E-state index in [1.165, 1.54) is 128 Å². The molecule has 11 heteroatoms. The largest absolute Gasteiger partial charge is 0.479 e. The molecule has 11 nitrogen and oxygen atoms in total. The van der Waals surface area contributed by atoms with E-state index in [-0.39, 0.29) is 26.1 Å². The molecule has 0 aromatic carbocycles. The highest BCUT2D eigenvalue weighted by atomic mass is 16.7. The minimum atomic E-state index is -1.86. The number of carbonyl (C=O) groups is 3. The van der Waals surface area contributed by atoms with E-state index in [0.29, 0.717) is 12.8 Å². The van der Waals surface area contributed by atoms with Crippen molar-refractivity contribution in [1.82, 2.24) is 0 Å². The summed E-state index contributed by atoms with van der Waals surface area (Å²) in [5.41, 5.74) is 0. The van der Waals surface area contributed by atoms with Crippen molar-refractivity contribution in [1.29, 1.82) is 0 Å². The number of aliphatic carboxylic acids is 1. The summed E-state index contributed by atoms with van der Waals surface area (Å²) in [7, 11) is 0. The standard InChI is InChI=1S/C48H88O11/c1-3-5-7-9-11-13-15-16-17-18-19-20-21-22-23-24-25-27-29-31-33-35-37-42(50)58-40(39-57-48-45(53)43(51)44(52)46(59-48)47(54)55)38-56-41(49)36-34-32-30-28-26-14-12-10-8-6-4-2/h10,12,40,43-46,48,51-53H,3-9,11,13-39H2,1-2H3,(H,54,55)/b12-10-. The SMILES string of the molecule is CCCC/C=C\CCCCCCCC(=O)OCC(COC1OC(C(=O)O)C(O)C(O)C1O)OC(=O)CCCCCCCCCCCCCCCCCCCCCCCC. The number of ether oxygens (including phenoxy) is 4. The van der Waals surface area contributed by atoms with Crippen molar-refractivity contribution in [2.75, 3.05) is 13.2 Å². The van der Waals surface area contributed by atoms with Crippen LogP contribution in [0.5, 0.6) is 0 Å². The van der Waals surface area contributed by atoms with Crippen LogP contribution >= 0.6 is 0 Å². The fourth-order valence-electron chi connectivity index (χ4n) is 7.51. The molecule has 0 amide bonds. The van der Waals surface area contributed by atoms with E-state index in [1.807, 2.05) is 0 Å². The van der Waals surface area contributed by atoms with Crippen molar-refractivity contribution in [2.24, 2.45) is 0 Å². The summed E-state index contributed by atoms with van der Waals surface area (Å²) in [6.07, 6.45) is 32.8. The number of carboxylic acid groups (broad SMARTS) is 1. The second-order valence-electron chi connectivity index (χ2n) is 17.0. The third-order valence-electron chi connectivity index (χ3n) is 11.4. The Morgan fingerprint density at radius 3 is 1.37 bits per heavy atom. The van der Waals surface area contributed by atoms with Crippen molar-refractivity contribution in [3.05, 3.63) is 12.2 Å². The molecule has 0 aromatic heterocycles. The quantitative estimate of drug-likeness (QED) is 0.0263. The van der Waals surface area contributed by atoms with Gasteiger partial charge in [0.2, 0.25) is 0 Å². The maximum Gasteiger partial charge on any atom is 0.335 e. The molecule has 1 aliphatic rings. The van der Waals surface area contributed by atoms with Gasteiger partial charge in [0.15, 0.2) is 18.5 Å². The van der Waals surface area contributed by atoms with Crippen molar-refractivity contribution >= 4 is 17.9 Å². The summed E-state index contributed by atoms with van der Waals surface area (Å²) in [6.45, 7) is 3.79. The van der Waals surface area contributed by atoms with Gasteiger partial charge in [-0.25, -0.2) is 4.79 Å². The van der Waals surface area contributed by atoms with Crippen LogP contribution in [-0.2, 0) is 33.3 Å². The average molecular weight is 841 g/mol. The Kier molecular flexibility index (Phi) is 36.2. The number of esters is 2. The molecule has 0 radical (unpaired) electrons. The summed E-state index contributed by atoms with van der Waals surface area (Å²) in [5.74, 6) is -2.44. The Labute approximate surface area is 358 Å². The lowest BCUT2D eigenvalue weighted by Crippen LogP contribution is -2.60. The Morgan fingerprint density at radius 1 is 0.508 bits per heavy atom. The van der Waals surface area contributed by atoms with Gasteiger partial charge in [0, 0.05) is 12.8 Å². The Bertz CT molecular complexity index is 1040. The smallest absolute Gasteiger partial charge is 0.335 e. The lowest BCUT2D eigenvalue weighted by atomic mass is 9.99. The Morgan fingerprint density at radius 2 is 0.915 bits per heavy atom. The van der Waals surface area contributed by atoms with Crippen LogP contribution in [0.3, 0.4) is 0 Å². The molecule has 1 saturated heterocycles. The molecular weight excluding hydrogens is 753 g/mol. The number of aliphatic hydroxyl groups is 3. The molecule has 1 rings (SSSR count). The third kappa shape index (κ3) is 30.6. The lowest BCUT2D eigenvalue weighted by molar-refractivity contribution is -0.298. The minimum Gasteiger partial charge on any atom is -0.479 e. The van der Waals surface area contributed by atoms with Crippen molar-refractivity contribution in [3.63, 3.8) is 0 Å². The molecule has 0 aliphatic carbocycles. The van der Waals surface area contributed by atoms with Gasteiger partial charge in [-0.3, -0.25) is 9.59 Å². The highest BCUT2D eigenvalue weighted by molar-refractivity contribution is 5.73. The molecule has 0 aromatic rings. The minimum absolute atomic E-state index is 0.187. The molecule has 346 valence electrons. The monoisotopic (exact) mass is 841 g/mol. The molecule has 6 atom stereocenters. The van der Waals surface area contributed by atoms with Crippen LogP contribution in [0.1, 0.15) is 226 Å². The van der Waals surface area contributed by atoms with Gasteiger partial charge in [0.25, 0.3) is 0 Å². The topological polar surface area (TPSA) is 169 Å². The van der Waals surface area contributed by atoms with Crippen LogP contribution < -0.4 is 0 Å². The molecule has 0 saturated carbocycles. The highest BCUT2D eigenvalue weighted by Crippen LogP contribution is 2.23. The van der Waals surface area contributed by atoms with Gasteiger partial charge in [0.05, 0.1) is 6.61 Å². The maximum absolute atomic E-state index is 12.8. The van der Waals surface area contributed by atoms with Gasteiger partial charge < -0.3 is 39.4 Å². The molecule has 6 unspecified atom stereocenters. The molecule has 0 bridgehead atoms. The van der Waals surface area contributed by atoms with Crippen LogP contribution in [-0.4, -0.2) is 88.4 Å². The van der Waals surface area contributed by atoms with Gasteiger partial charge in [-0.1, -0.05) is 193 Å². The summed E-state index contributed by atoms with van der Waals surface area (Å²) in [4.78, 5) is 36.8. The van der Waals surface area contributed by atoms with Gasteiger partial charge in [-0.05, 0) is 32.1 Å². The summed E-state index contributed by atoms with van der Waals surface area (Å²) in [5, 5.41) is 39.8. The van der Waals surface area contributed by atoms with E-state index in [9.17, 15) is 34.8 Å². The number of unbranched alkanes of at least 4 members (excludes halogenated alkanes) is 28. The fourth-order valence-corrected chi connectivity index (χ4v) is 7.51. The van der Waals surface area contributed by atoms with Crippen molar-refractivity contribution < 1.29 is 53.8 Å². The van der Waals surface area contributed by atoms with Crippen molar-refractivity contribution in [3.8, 4) is 0 Å². The number of carboxylic acids is 1. The first-order valence-electron chi connectivity index (χ1n) is 24.2. The molecule has 1 aliphatic heterocycles. The first-order valence-corrected chi connectivity index (χ1v) is 24.2. The van der Waals surface area contributed by atoms with Crippen LogP contribution in [0, 0.1) is 0 Å². The van der Waals surface area contributed by atoms with E-state index in [0.717, 1.165) is 57.8 Å². The number of allylic oxidation sites excluding steroid dienone is 2. The van der Waals surface area contributed by atoms with E-state index < -0.39 is 54.7 Å². The van der Waals surface area contributed by atoms with Crippen LogP contribution in [0.2, 0.25) is 0 Å². The maximum atomic E-state index is 12.8. The number of carbonyl (C=O) groups excluding carboxylic acids is 2. The number of aliphatic hydroxyl groups excluding tert-OH is 3. The van der Waals surface area contributed by atoms with Gasteiger partial charge >= 0.3 is 17.9 Å². The highest BCUT2D eigenvalue weighted by Gasteiger charge is 2.47. The van der Waals surface area contributed by atoms with Crippen LogP contribution in [0.15, 0.2) is 12.2 Å². The third-order valence-corrected chi connectivity index (χ3v) is 11.4. The molecular formula is C48H88O11. The van der Waals surface area contributed by atoms with E-state index in [2.05, 4.69) is 26.0 Å². The van der Waals surface area contributed by atoms with Gasteiger partial charge in [0.1, 0.15) is 24.9 Å². The van der Waals surface area contributed by atoms with Gasteiger partial charge in [-0.2, -0.15) is 0 Å². The number of rotatable bonds is 41. The summed E-state index contributed by atoms with van der Waals surface area (Å²) < 4.78 is 21.7. The second-order valence-corrected chi connectivity index (χ2v) is 17.0. The van der Waals surface area contributed by atoms with E-state index in [1.54, 1.807) is 0 Å². The molecule has 1 heterocycles. The second kappa shape index (κ2) is 38.8. The normalized spacial score (nSPS) is 19.9. The first kappa shape index (κ1) is 55.0. The predicted octanol–water partition coefficient (Wildman–Crippen LogP) is 10.8. The zero-order valence-corrected chi connectivity index (χ0v) is 37.5. The lowest BCUT2D eigenvalue weighted by Gasteiger charge is -2.38. The Hall–Kier alpha value is -2.05. The summed E-state index contributed by atoms with van der Waals surface area (Å²) in [6, 6.07) is 0. The average Bonchev–Trinajstić information content (AvgIpc) is 3.22. The van der Waals surface area contributed by atoms with Gasteiger partial charge in [-0.15, -0.1) is 0 Å². The first-order chi connectivity index (χ1) is 28.7. The van der Waals surface area contributed by atoms with Crippen molar-refractivity contribution in [2.45, 2.75) is 263 Å².